The largest absolute Gasteiger partial charge is 0.289 e. The highest BCUT2D eigenvalue weighted by molar-refractivity contribution is 6.10. The lowest BCUT2D eigenvalue weighted by molar-refractivity contribution is -0.00562. The summed E-state index contributed by atoms with van der Waals surface area (Å²) in [6, 6.07) is 14.2. The van der Waals surface area contributed by atoms with Crippen LogP contribution >= 0.6 is 0 Å². The molecule has 4 aliphatic carbocycles. The average molecular weight is 334 g/mol. The van der Waals surface area contributed by atoms with Crippen LogP contribution in [0.2, 0.25) is 0 Å². The summed E-state index contributed by atoms with van der Waals surface area (Å²) >= 11 is 0. The van der Waals surface area contributed by atoms with Gasteiger partial charge in [-0.1, -0.05) is 30.3 Å². The van der Waals surface area contributed by atoms with Crippen LogP contribution in [0.15, 0.2) is 48.5 Å². The molecule has 4 saturated carbocycles. The zero-order valence-electron chi connectivity index (χ0n) is 14.4. The van der Waals surface area contributed by atoms with Crippen molar-refractivity contribution in [3.63, 3.8) is 0 Å². The fourth-order valence-electron chi connectivity index (χ4n) is 6.34. The van der Waals surface area contributed by atoms with Crippen LogP contribution in [0.3, 0.4) is 0 Å². The summed E-state index contributed by atoms with van der Waals surface area (Å²) in [5.74, 6) is 2.14. The van der Waals surface area contributed by atoms with E-state index < -0.39 is 0 Å². The van der Waals surface area contributed by atoms with E-state index in [1.165, 1.54) is 25.3 Å². The standard InChI is InChI=1S/C23H23FO/c24-19-6-7-20(22(25)18-4-2-1-3-5-18)21(11-19)23-12-15-8-16(13-23)10-17(9-15)14-23/h1-7,11,15-17H,8-10,12-14H2. The number of halogens is 1. The van der Waals surface area contributed by atoms with Crippen molar-refractivity contribution in [2.75, 3.05) is 0 Å². The molecule has 0 aliphatic heterocycles. The molecule has 0 amide bonds. The Morgan fingerprint density at radius 1 is 0.880 bits per heavy atom. The average Bonchev–Trinajstić information content (AvgIpc) is 2.61. The first-order chi connectivity index (χ1) is 12.1. The second kappa shape index (κ2) is 5.52. The first-order valence-corrected chi connectivity index (χ1v) is 9.53. The highest BCUT2D eigenvalue weighted by Crippen LogP contribution is 2.61. The lowest BCUT2D eigenvalue weighted by Gasteiger charge is -2.57. The number of carbonyl (C=O) groups excluding carboxylic acids is 1. The minimum absolute atomic E-state index is 0.0244. The van der Waals surface area contributed by atoms with E-state index in [1.54, 1.807) is 12.1 Å². The van der Waals surface area contributed by atoms with E-state index in [0.717, 1.165) is 48.1 Å². The summed E-state index contributed by atoms with van der Waals surface area (Å²) in [5.41, 5.74) is 2.42. The third kappa shape index (κ3) is 2.46. The molecule has 6 rings (SSSR count). The van der Waals surface area contributed by atoms with E-state index in [2.05, 4.69) is 0 Å². The SMILES string of the molecule is O=C(c1ccccc1)c1ccc(F)cc1C12CC3CC(CC(C3)C1)C2. The molecule has 0 aromatic heterocycles. The molecule has 0 radical (unpaired) electrons. The van der Waals surface area contributed by atoms with Crippen molar-refractivity contribution in [1.29, 1.82) is 0 Å². The van der Waals surface area contributed by atoms with Gasteiger partial charge in [0.2, 0.25) is 0 Å². The van der Waals surface area contributed by atoms with Gasteiger partial charge in [-0.05, 0) is 85.5 Å². The normalized spacial score (nSPS) is 32.8. The van der Waals surface area contributed by atoms with Gasteiger partial charge in [-0.15, -0.1) is 0 Å². The highest BCUT2D eigenvalue weighted by atomic mass is 19.1. The second-order valence-corrected chi connectivity index (χ2v) is 8.58. The van der Waals surface area contributed by atoms with Crippen molar-refractivity contribution in [2.24, 2.45) is 17.8 Å². The zero-order chi connectivity index (χ0) is 17.0. The Balaban J connectivity index is 1.62. The Morgan fingerprint density at radius 3 is 2.08 bits per heavy atom. The summed E-state index contributed by atoms with van der Waals surface area (Å²) in [6.45, 7) is 0. The van der Waals surface area contributed by atoms with Crippen LogP contribution in [0.4, 0.5) is 4.39 Å². The molecule has 0 saturated heterocycles. The summed E-state index contributed by atoms with van der Waals surface area (Å²) in [4.78, 5) is 13.1. The van der Waals surface area contributed by atoms with Crippen LogP contribution in [-0.4, -0.2) is 5.78 Å². The van der Waals surface area contributed by atoms with Crippen LogP contribution in [-0.2, 0) is 5.41 Å². The molecule has 0 spiro atoms. The molecular weight excluding hydrogens is 311 g/mol. The summed E-state index contributed by atoms with van der Waals surface area (Å²) in [5, 5.41) is 0. The molecule has 0 N–H and O–H groups in total. The Labute approximate surface area is 148 Å². The predicted octanol–water partition coefficient (Wildman–Crippen LogP) is 5.52. The van der Waals surface area contributed by atoms with Crippen LogP contribution < -0.4 is 0 Å². The molecule has 128 valence electrons. The Hall–Kier alpha value is -1.96. The second-order valence-electron chi connectivity index (χ2n) is 8.58. The van der Waals surface area contributed by atoms with Gasteiger partial charge in [0.15, 0.2) is 5.78 Å². The Morgan fingerprint density at radius 2 is 1.48 bits per heavy atom. The molecule has 2 aromatic carbocycles. The molecule has 0 unspecified atom stereocenters. The molecule has 4 aliphatic rings. The van der Waals surface area contributed by atoms with Crippen molar-refractivity contribution in [1.82, 2.24) is 0 Å². The van der Waals surface area contributed by atoms with E-state index >= 15 is 0 Å². The Kier molecular flexibility index (Phi) is 3.38. The first kappa shape index (κ1) is 15.3. The van der Waals surface area contributed by atoms with Gasteiger partial charge in [-0.2, -0.15) is 0 Å². The lowest BCUT2D eigenvalue weighted by Crippen LogP contribution is -2.49. The number of hydrogen-bond acceptors (Lipinski definition) is 1. The third-order valence-corrected chi connectivity index (χ3v) is 6.87. The fraction of sp³-hybridized carbons (Fsp3) is 0.435. The minimum atomic E-state index is -0.213. The maximum Gasteiger partial charge on any atom is 0.193 e. The number of hydrogen-bond donors (Lipinski definition) is 0. The van der Waals surface area contributed by atoms with Gasteiger partial charge in [-0.25, -0.2) is 4.39 Å². The van der Waals surface area contributed by atoms with Gasteiger partial charge in [-0.3, -0.25) is 4.79 Å². The van der Waals surface area contributed by atoms with E-state index in [-0.39, 0.29) is 17.0 Å². The highest BCUT2D eigenvalue weighted by Gasteiger charge is 2.52. The summed E-state index contributed by atoms with van der Waals surface area (Å²) < 4.78 is 14.2. The van der Waals surface area contributed by atoms with Crippen molar-refractivity contribution >= 4 is 5.78 Å². The summed E-state index contributed by atoms with van der Waals surface area (Å²) in [6.07, 6.45) is 7.44. The lowest BCUT2D eigenvalue weighted by atomic mass is 9.47. The summed E-state index contributed by atoms with van der Waals surface area (Å²) in [7, 11) is 0. The van der Waals surface area contributed by atoms with Crippen LogP contribution in [0.25, 0.3) is 0 Å². The van der Waals surface area contributed by atoms with Crippen molar-refractivity contribution in [2.45, 2.75) is 43.9 Å². The van der Waals surface area contributed by atoms with E-state index in [1.807, 2.05) is 30.3 Å². The van der Waals surface area contributed by atoms with Crippen molar-refractivity contribution in [3.8, 4) is 0 Å². The van der Waals surface area contributed by atoms with Gasteiger partial charge in [0.1, 0.15) is 5.82 Å². The van der Waals surface area contributed by atoms with Crippen LogP contribution in [0.5, 0.6) is 0 Å². The predicted molar refractivity (Wildman–Crippen MR) is 96.1 cm³/mol. The quantitative estimate of drug-likeness (QED) is 0.675. The first-order valence-electron chi connectivity index (χ1n) is 9.53. The van der Waals surface area contributed by atoms with Gasteiger partial charge >= 0.3 is 0 Å². The van der Waals surface area contributed by atoms with Gasteiger partial charge in [0, 0.05) is 11.1 Å². The maximum absolute atomic E-state index is 14.2. The van der Waals surface area contributed by atoms with Crippen LogP contribution in [0.1, 0.15) is 60.0 Å². The molecule has 1 nitrogen and oxygen atoms in total. The third-order valence-electron chi connectivity index (χ3n) is 6.87. The van der Waals surface area contributed by atoms with E-state index in [4.69, 9.17) is 0 Å². The van der Waals surface area contributed by atoms with Gasteiger partial charge < -0.3 is 0 Å². The van der Waals surface area contributed by atoms with E-state index in [0.29, 0.717) is 5.56 Å². The van der Waals surface area contributed by atoms with Crippen molar-refractivity contribution in [3.05, 3.63) is 71.0 Å². The monoisotopic (exact) mass is 334 g/mol. The number of benzene rings is 2. The van der Waals surface area contributed by atoms with Gasteiger partial charge in [0.05, 0.1) is 0 Å². The van der Waals surface area contributed by atoms with Crippen molar-refractivity contribution < 1.29 is 9.18 Å². The fourth-order valence-corrected chi connectivity index (χ4v) is 6.34. The molecule has 4 bridgehead atoms. The molecular formula is C23H23FO. The smallest absolute Gasteiger partial charge is 0.193 e. The number of ketones is 1. The Bertz CT molecular complexity index is 788. The molecule has 2 aromatic rings. The minimum Gasteiger partial charge on any atom is -0.289 e. The number of rotatable bonds is 3. The zero-order valence-corrected chi connectivity index (χ0v) is 14.4. The molecule has 25 heavy (non-hydrogen) atoms. The molecule has 0 atom stereocenters. The molecule has 2 heteroatoms. The van der Waals surface area contributed by atoms with E-state index in [9.17, 15) is 9.18 Å². The molecule has 0 heterocycles. The van der Waals surface area contributed by atoms with Crippen LogP contribution in [0, 0.1) is 23.6 Å². The topological polar surface area (TPSA) is 17.1 Å². The number of carbonyl (C=O) groups is 1. The maximum atomic E-state index is 14.2. The molecule has 4 fully saturated rings. The van der Waals surface area contributed by atoms with Gasteiger partial charge in [0.25, 0.3) is 0 Å².